The van der Waals surface area contributed by atoms with E-state index in [1.165, 1.54) is 31.2 Å². The first-order chi connectivity index (χ1) is 9.88. The third-order valence-corrected chi connectivity index (χ3v) is 4.45. The largest absolute Gasteiger partial charge is 0.396 e. The molecule has 1 fully saturated rings. The van der Waals surface area contributed by atoms with Gasteiger partial charge in [-0.25, -0.2) is 4.52 Å². The van der Waals surface area contributed by atoms with E-state index in [-0.39, 0.29) is 0 Å². The maximum atomic E-state index is 9.56. The van der Waals surface area contributed by atoms with E-state index in [9.17, 15) is 5.11 Å². The molecule has 3 rings (SSSR count). The second kappa shape index (κ2) is 6.37. The molecule has 1 saturated carbocycles. The number of aliphatic hydroxyl groups excluding tert-OH is 1. The van der Waals surface area contributed by atoms with Gasteiger partial charge in [-0.2, -0.15) is 5.10 Å². The number of rotatable bonds is 4. The number of pyridine rings is 1. The highest BCUT2D eigenvalue weighted by Gasteiger charge is 2.22. The molecule has 4 heteroatoms. The van der Waals surface area contributed by atoms with Gasteiger partial charge in [-0.3, -0.25) is 0 Å². The highest BCUT2D eigenvalue weighted by molar-refractivity contribution is 5.53. The van der Waals surface area contributed by atoms with Crippen molar-refractivity contribution >= 4 is 5.52 Å². The lowest BCUT2D eigenvalue weighted by atomic mass is 9.95. The molecule has 0 aliphatic heterocycles. The number of hydrogen-bond donors (Lipinski definition) is 2. The van der Waals surface area contributed by atoms with Crippen molar-refractivity contribution in [3.05, 3.63) is 36.2 Å². The molecule has 0 unspecified atom stereocenters. The van der Waals surface area contributed by atoms with E-state index in [2.05, 4.69) is 16.5 Å². The van der Waals surface area contributed by atoms with Crippen LogP contribution in [0.5, 0.6) is 0 Å². The fourth-order valence-electron chi connectivity index (χ4n) is 3.24. The van der Waals surface area contributed by atoms with Crippen LogP contribution in [-0.2, 0) is 6.54 Å². The summed E-state index contributed by atoms with van der Waals surface area (Å²) in [5.74, 6) is 0.402. The Bertz CT molecular complexity index is 551. The van der Waals surface area contributed by atoms with Gasteiger partial charge in [-0.05, 0) is 30.9 Å². The van der Waals surface area contributed by atoms with E-state index < -0.39 is 0 Å². The number of aromatic nitrogens is 2. The molecule has 1 aliphatic rings. The molecule has 4 nitrogen and oxygen atoms in total. The number of hydrogen-bond acceptors (Lipinski definition) is 3. The average molecular weight is 273 g/mol. The summed E-state index contributed by atoms with van der Waals surface area (Å²) in [6.45, 7) is 1.13. The fraction of sp³-hybridized carbons (Fsp3) is 0.562. The van der Waals surface area contributed by atoms with Gasteiger partial charge >= 0.3 is 0 Å². The first-order valence-electron chi connectivity index (χ1n) is 7.64. The molecule has 0 radical (unpaired) electrons. The molecule has 2 N–H and O–H groups in total. The van der Waals surface area contributed by atoms with Crippen molar-refractivity contribution in [2.75, 3.05) is 6.61 Å². The van der Waals surface area contributed by atoms with Crippen LogP contribution in [0.2, 0.25) is 0 Å². The SMILES string of the molecule is OC[C@H]1CCCCC[C@H]1NCc1cnn2ccccc12. The maximum absolute atomic E-state index is 9.56. The standard InChI is InChI=1S/C16H23N3O/c20-12-13-6-2-1-3-7-15(13)17-10-14-11-18-19-9-5-4-8-16(14)19/h4-5,8-9,11,13,15,17,20H,1-3,6-7,10,12H2/t13-,15-/m1/s1. The predicted molar refractivity (Wildman–Crippen MR) is 79.5 cm³/mol. The van der Waals surface area contributed by atoms with Crippen molar-refractivity contribution in [2.45, 2.75) is 44.7 Å². The summed E-state index contributed by atoms with van der Waals surface area (Å²) in [4.78, 5) is 0. The smallest absolute Gasteiger partial charge is 0.0706 e. The summed E-state index contributed by atoms with van der Waals surface area (Å²) in [5, 5.41) is 17.6. The van der Waals surface area contributed by atoms with E-state index >= 15 is 0 Å². The van der Waals surface area contributed by atoms with Gasteiger partial charge in [0.25, 0.3) is 0 Å². The van der Waals surface area contributed by atoms with Crippen LogP contribution in [0, 0.1) is 5.92 Å². The lowest BCUT2D eigenvalue weighted by molar-refractivity contribution is 0.181. The van der Waals surface area contributed by atoms with E-state index in [1.54, 1.807) is 0 Å². The van der Waals surface area contributed by atoms with Gasteiger partial charge in [0.15, 0.2) is 0 Å². The van der Waals surface area contributed by atoms with E-state index in [0.717, 1.165) is 18.5 Å². The summed E-state index contributed by atoms with van der Waals surface area (Å²) in [6.07, 6.45) is 10.0. The van der Waals surface area contributed by atoms with Crippen molar-refractivity contribution < 1.29 is 5.11 Å². The Labute approximate surface area is 119 Å². The van der Waals surface area contributed by atoms with E-state index in [4.69, 9.17) is 0 Å². The Kier molecular flexibility index (Phi) is 4.33. The van der Waals surface area contributed by atoms with Crippen LogP contribution in [0.3, 0.4) is 0 Å². The number of fused-ring (bicyclic) bond motifs is 1. The number of aliphatic hydroxyl groups is 1. The van der Waals surface area contributed by atoms with Crippen molar-refractivity contribution in [2.24, 2.45) is 5.92 Å². The van der Waals surface area contributed by atoms with Gasteiger partial charge in [0.05, 0.1) is 11.7 Å². The van der Waals surface area contributed by atoms with E-state index in [0.29, 0.717) is 18.6 Å². The summed E-state index contributed by atoms with van der Waals surface area (Å²) >= 11 is 0. The lowest BCUT2D eigenvalue weighted by Gasteiger charge is -2.24. The molecule has 0 bridgehead atoms. The Morgan fingerprint density at radius 1 is 1.25 bits per heavy atom. The Hall–Kier alpha value is -1.39. The van der Waals surface area contributed by atoms with Crippen LogP contribution in [0.15, 0.2) is 30.6 Å². The first kappa shape index (κ1) is 13.6. The van der Waals surface area contributed by atoms with Crippen LogP contribution in [0.4, 0.5) is 0 Å². The maximum Gasteiger partial charge on any atom is 0.0706 e. The average Bonchev–Trinajstić information content (AvgIpc) is 2.76. The molecule has 0 spiro atoms. The van der Waals surface area contributed by atoms with E-state index in [1.807, 2.05) is 29.0 Å². The minimum atomic E-state index is 0.298. The minimum absolute atomic E-state index is 0.298. The van der Waals surface area contributed by atoms with Crippen molar-refractivity contribution in [1.82, 2.24) is 14.9 Å². The topological polar surface area (TPSA) is 49.6 Å². The molecular formula is C16H23N3O. The second-order valence-corrected chi connectivity index (χ2v) is 5.77. The molecular weight excluding hydrogens is 250 g/mol. The first-order valence-corrected chi connectivity index (χ1v) is 7.64. The number of nitrogens with one attached hydrogen (secondary N) is 1. The summed E-state index contributed by atoms with van der Waals surface area (Å²) in [6, 6.07) is 6.56. The van der Waals surface area contributed by atoms with Crippen LogP contribution < -0.4 is 5.32 Å². The molecule has 2 atom stereocenters. The zero-order chi connectivity index (χ0) is 13.8. The second-order valence-electron chi connectivity index (χ2n) is 5.77. The Balaban J connectivity index is 1.68. The van der Waals surface area contributed by atoms with Gasteiger partial charge in [0.2, 0.25) is 0 Å². The van der Waals surface area contributed by atoms with Gasteiger partial charge in [-0.15, -0.1) is 0 Å². The van der Waals surface area contributed by atoms with Gasteiger partial charge in [0.1, 0.15) is 0 Å². The molecule has 2 heterocycles. The molecule has 2 aromatic heterocycles. The third kappa shape index (κ3) is 2.86. The van der Waals surface area contributed by atoms with Gasteiger partial charge < -0.3 is 10.4 Å². The molecule has 0 amide bonds. The van der Waals surface area contributed by atoms with Crippen LogP contribution >= 0.6 is 0 Å². The third-order valence-electron chi connectivity index (χ3n) is 4.45. The minimum Gasteiger partial charge on any atom is -0.396 e. The van der Waals surface area contributed by atoms with Crippen molar-refractivity contribution in [3.63, 3.8) is 0 Å². The van der Waals surface area contributed by atoms with Gasteiger partial charge in [-0.1, -0.05) is 25.3 Å². The van der Waals surface area contributed by atoms with Crippen LogP contribution in [0.1, 0.15) is 37.7 Å². The highest BCUT2D eigenvalue weighted by atomic mass is 16.3. The molecule has 1 aliphatic carbocycles. The zero-order valence-corrected chi connectivity index (χ0v) is 11.8. The van der Waals surface area contributed by atoms with Crippen molar-refractivity contribution in [3.8, 4) is 0 Å². The summed E-state index contributed by atoms with van der Waals surface area (Å²) in [5.41, 5.74) is 2.39. The molecule has 20 heavy (non-hydrogen) atoms. The normalized spacial score (nSPS) is 23.9. The van der Waals surface area contributed by atoms with Crippen molar-refractivity contribution in [1.29, 1.82) is 0 Å². The molecule has 2 aromatic rings. The lowest BCUT2D eigenvalue weighted by Crippen LogP contribution is -2.36. The monoisotopic (exact) mass is 273 g/mol. The summed E-state index contributed by atoms with van der Waals surface area (Å²) in [7, 11) is 0. The quantitative estimate of drug-likeness (QED) is 0.841. The molecule has 0 aromatic carbocycles. The molecule has 0 saturated heterocycles. The summed E-state index contributed by atoms with van der Waals surface area (Å²) < 4.78 is 1.91. The fourth-order valence-corrected chi connectivity index (χ4v) is 3.24. The van der Waals surface area contributed by atoms with Crippen LogP contribution in [0.25, 0.3) is 5.52 Å². The predicted octanol–water partition coefficient (Wildman–Crippen LogP) is 2.37. The van der Waals surface area contributed by atoms with Gasteiger partial charge in [0, 0.05) is 31.0 Å². The number of nitrogens with zero attached hydrogens (tertiary/aromatic N) is 2. The van der Waals surface area contributed by atoms with Crippen LogP contribution in [-0.4, -0.2) is 27.4 Å². The highest BCUT2D eigenvalue weighted by Crippen LogP contribution is 2.23. The Morgan fingerprint density at radius 3 is 3.05 bits per heavy atom. The Morgan fingerprint density at radius 2 is 2.15 bits per heavy atom. The zero-order valence-electron chi connectivity index (χ0n) is 11.8. The molecule has 108 valence electrons.